The smallest absolute Gasteiger partial charge is 0.330 e. The van der Waals surface area contributed by atoms with Crippen molar-refractivity contribution in [1.82, 2.24) is 5.32 Å². The van der Waals surface area contributed by atoms with Gasteiger partial charge in [0.15, 0.2) is 6.04 Å². The van der Waals surface area contributed by atoms with E-state index in [-0.39, 0.29) is 0 Å². The second-order valence-corrected chi connectivity index (χ2v) is 3.43. The fourth-order valence-corrected chi connectivity index (χ4v) is 1.28. The highest BCUT2D eigenvalue weighted by Crippen LogP contribution is 2.00. The summed E-state index contributed by atoms with van der Waals surface area (Å²) in [5, 5.41) is 11.3. The highest BCUT2D eigenvalue weighted by Gasteiger charge is 2.23. The second kappa shape index (κ2) is 6.94. The predicted octanol–water partition coefficient (Wildman–Crippen LogP) is 0.166. The number of carbonyl (C=O) groups is 2. The van der Waals surface area contributed by atoms with Gasteiger partial charge in [0.1, 0.15) is 6.61 Å². The molecule has 0 radical (unpaired) electrons. The first-order chi connectivity index (χ1) is 9.04. The van der Waals surface area contributed by atoms with Crippen LogP contribution < -0.4 is 5.32 Å². The van der Waals surface area contributed by atoms with Gasteiger partial charge in [-0.1, -0.05) is 18.2 Å². The van der Waals surface area contributed by atoms with E-state index in [1.165, 1.54) is 12.1 Å². The summed E-state index contributed by atoms with van der Waals surface area (Å²) < 4.78 is 4.43. The molecule has 19 heavy (non-hydrogen) atoms. The minimum absolute atomic E-state index is 0.317. The van der Waals surface area contributed by atoms with Crippen molar-refractivity contribution in [2.45, 2.75) is 6.04 Å². The van der Waals surface area contributed by atoms with Crippen LogP contribution >= 0.6 is 0 Å². The number of nitrogens with one attached hydrogen (secondary N) is 1. The molecule has 0 fully saturated rings. The molecule has 1 rings (SSSR count). The Hall–Kier alpha value is -2.64. The molecule has 0 saturated carbocycles. The molecular formula is C11H12N2O6. The molecule has 0 saturated heterocycles. The van der Waals surface area contributed by atoms with Crippen LogP contribution in [-0.2, 0) is 14.4 Å². The molecule has 0 heterocycles. The minimum Gasteiger partial charge on any atom is -0.467 e. The van der Waals surface area contributed by atoms with Crippen LogP contribution in [0, 0.1) is 10.1 Å². The molecule has 8 nitrogen and oxygen atoms in total. The minimum atomic E-state index is -1.25. The Kier molecular flexibility index (Phi) is 5.27. The van der Waals surface area contributed by atoms with Crippen molar-refractivity contribution in [3.63, 3.8) is 0 Å². The molecule has 1 N–H and O–H groups in total. The summed E-state index contributed by atoms with van der Waals surface area (Å²) in [5.74, 6) is -1.38. The van der Waals surface area contributed by atoms with Crippen molar-refractivity contribution < 1.29 is 24.3 Å². The van der Waals surface area contributed by atoms with Crippen LogP contribution in [0.3, 0.4) is 0 Å². The van der Waals surface area contributed by atoms with Crippen LogP contribution in [0.5, 0.6) is 0 Å². The highest BCUT2D eigenvalue weighted by atomic mass is 16.9. The first kappa shape index (κ1) is 14.4. The predicted molar refractivity (Wildman–Crippen MR) is 62.7 cm³/mol. The van der Waals surface area contributed by atoms with E-state index in [1.54, 1.807) is 18.2 Å². The van der Waals surface area contributed by atoms with Gasteiger partial charge in [-0.15, -0.1) is 10.1 Å². The maximum atomic E-state index is 11.8. The normalized spacial score (nSPS) is 11.2. The standard InChI is InChI=1S/C11H12N2O6/c1-18-11(15)9(7-19-13(16)17)12-10(14)8-5-3-2-4-6-8/h2-6,9H,7H2,1H3,(H,12,14). The van der Waals surface area contributed by atoms with Crippen molar-refractivity contribution in [2.75, 3.05) is 13.7 Å². The Bertz CT molecular complexity index is 462. The van der Waals surface area contributed by atoms with E-state index in [2.05, 4.69) is 14.9 Å². The fraction of sp³-hybridized carbons (Fsp3) is 0.273. The number of carbonyl (C=O) groups excluding carboxylic acids is 2. The number of ether oxygens (including phenoxy) is 1. The number of esters is 1. The average molecular weight is 268 g/mol. The summed E-state index contributed by atoms with van der Waals surface area (Å²) in [6.07, 6.45) is 0. The number of hydrogen-bond donors (Lipinski definition) is 1. The molecule has 0 aromatic heterocycles. The lowest BCUT2D eigenvalue weighted by molar-refractivity contribution is -0.757. The Morgan fingerprint density at radius 2 is 2.00 bits per heavy atom. The van der Waals surface area contributed by atoms with E-state index < -0.39 is 29.6 Å². The second-order valence-electron chi connectivity index (χ2n) is 3.43. The Balaban J connectivity index is 2.69. The van der Waals surface area contributed by atoms with Crippen LogP contribution in [0.15, 0.2) is 30.3 Å². The number of hydrogen-bond acceptors (Lipinski definition) is 6. The third-order valence-electron chi connectivity index (χ3n) is 2.17. The van der Waals surface area contributed by atoms with Crippen LogP contribution in [-0.4, -0.2) is 36.7 Å². The quantitative estimate of drug-likeness (QED) is 0.447. The molecular weight excluding hydrogens is 256 g/mol. The third-order valence-corrected chi connectivity index (χ3v) is 2.17. The van der Waals surface area contributed by atoms with Gasteiger partial charge in [0.05, 0.1) is 7.11 Å². The topological polar surface area (TPSA) is 108 Å². The molecule has 0 aliphatic heterocycles. The molecule has 102 valence electrons. The van der Waals surface area contributed by atoms with E-state index in [1.807, 2.05) is 0 Å². The third kappa shape index (κ3) is 4.62. The molecule has 1 atom stereocenters. The van der Waals surface area contributed by atoms with Gasteiger partial charge in [0.25, 0.3) is 11.0 Å². The molecule has 0 spiro atoms. The van der Waals surface area contributed by atoms with Gasteiger partial charge in [0, 0.05) is 5.56 Å². The lowest BCUT2D eigenvalue weighted by Crippen LogP contribution is -2.45. The number of amides is 1. The van der Waals surface area contributed by atoms with E-state index >= 15 is 0 Å². The lowest BCUT2D eigenvalue weighted by Gasteiger charge is -2.15. The van der Waals surface area contributed by atoms with Crippen molar-refractivity contribution >= 4 is 11.9 Å². The zero-order valence-corrected chi connectivity index (χ0v) is 10.1. The Labute approximate surface area is 108 Å². The summed E-state index contributed by atoms with van der Waals surface area (Å²) in [5.41, 5.74) is 0.317. The maximum Gasteiger partial charge on any atom is 0.330 e. The summed E-state index contributed by atoms with van der Waals surface area (Å²) >= 11 is 0. The maximum absolute atomic E-state index is 11.8. The van der Waals surface area contributed by atoms with Crippen molar-refractivity contribution in [2.24, 2.45) is 0 Å². The Morgan fingerprint density at radius 3 is 2.53 bits per heavy atom. The molecule has 0 aliphatic carbocycles. The molecule has 0 bridgehead atoms. The number of methoxy groups -OCH3 is 1. The van der Waals surface area contributed by atoms with Crippen LogP contribution in [0.25, 0.3) is 0 Å². The van der Waals surface area contributed by atoms with Crippen LogP contribution in [0.1, 0.15) is 10.4 Å². The zero-order valence-electron chi connectivity index (χ0n) is 10.1. The first-order valence-electron chi connectivity index (χ1n) is 5.25. The highest BCUT2D eigenvalue weighted by molar-refractivity contribution is 5.96. The molecule has 0 aliphatic rings. The number of rotatable bonds is 6. The summed E-state index contributed by atoms with van der Waals surface area (Å²) in [4.78, 5) is 37.3. The van der Waals surface area contributed by atoms with Gasteiger partial charge in [0.2, 0.25) is 0 Å². The van der Waals surface area contributed by atoms with Crippen molar-refractivity contribution in [3.05, 3.63) is 46.0 Å². The van der Waals surface area contributed by atoms with Gasteiger partial charge in [-0.2, -0.15) is 0 Å². The Morgan fingerprint density at radius 1 is 1.37 bits per heavy atom. The molecule has 1 aromatic rings. The van der Waals surface area contributed by atoms with Crippen LogP contribution in [0.2, 0.25) is 0 Å². The van der Waals surface area contributed by atoms with Gasteiger partial charge in [-0.25, -0.2) is 4.79 Å². The first-order valence-corrected chi connectivity index (χ1v) is 5.25. The van der Waals surface area contributed by atoms with Crippen LogP contribution in [0.4, 0.5) is 0 Å². The summed E-state index contributed by atoms with van der Waals surface area (Å²) in [6.45, 7) is -0.613. The number of nitrogens with zero attached hydrogens (tertiary/aromatic N) is 1. The van der Waals surface area contributed by atoms with Gasteiger partial charge in [-0.05, 0) is 12.1 Å². The SMILES string of the molecule is COC(=O)C(CO[N+](=O)[O-])NC(=O)c1ccccc1. The van der Waals surface area contributed by atoms with E-state index in [9.17, 15) is 19.7 Å². The van der Waals surface area contributed by atoms with E-state index in [4.69, 9.17) is 0 Å². The summed E-state index contributed by atoms with van der Waals surface area (Å²) in [7, 11) is 1.11. The van der Waals surface area contributed by atoms with E-state index in [0.717, 1.165) is 7.11 Å². The monoisotopic (exact) mass is 268 g/mol. The van der Waals surface area contributed by atoms with E-state index in [0.29, 0.717) is 5.56 Å². The molecule has 1 aromatic carbocycles. The van der Waals surface area contributed by atoms with Gasteiger partial charge < -0.3 is 14.9 Å². The van der Waals surface area contributed by atoms with Gasteiger partial charge >= 0.3 is 5.97 Å². The number of benzene rings is 1. The zero-order chi connectivity index (χ0) is 14.3. The van der Waals surface area contributed by atoms with Crippen molar-refractivity contribution in [3.8, 4) is 0 Å². The molecule has 1 unspecified atom stereocenters. The fourth-order valence-electron chi connectivity index (χ4n) is 1.28. The molecule has 8 heteroatoms. The lowest BCUT2D eigenvalue weighted by atomic mass is 10.2. The molecule has 1 amide bonds. The van der Waals surface area contributed by atoms with Gasteiger partial charge in [-0.3, -0.25) is 4.79 Å². The average Bonchev–Trinajstić information content (AvgIpc) is 2.43. The largest absolute Gasteiger partial charge is 0.467 e. The summed E-state index contributed by atoms with van der Waals surface area (Å²) in [6, 6.07) is 6.86. The van der Waals surface area contributed by atoms with Crippen molar-refractivity contribution in [1.29, 1.82) is 0 Å².